The van der Waals surface area contributed by atoms with Gasteiger partial charge in [0.15, 0.2) is 0 Å². The Morgan fingerprint density at radius 2 is 1.02 bits per heavy atom. The van der Waals surface area contributed by atoms with Crippen molar-refractivity contribution in [3.63, 3.8) is 0 Å². The zero-order chi connectivity index (χ0) is 34.7. The predicted octanol–water partition coefficient (Wildman–Crippen LogP) is 8.90. The monoisotopic (exact) mass is 710 g/mol. The van der Waals surface area contributed by atoms with Gasteiger partial charge in [0.2, 0.25) is 0 Å². The number of rotatable bonds is 10. The van der Waals surface area contributed by atoms with E-state index in [9.17, 15) is 9.59 Å². The average molecular weight is 711 g/mol. The Bertz CT molecular complexity index is 1590. The van der Waals surface area contributed by atoms with Crippen LogP contribution in [0.15, 0.2) is 68.5 Å². The molecule has 0 N–H and O–H groups in total. The molecule has 0 saturated heterocycles. The van der Waals surface area contributed by atoms with Gasteiger partial charge >= 0.3 is 292 Å². The van der Waals surface area contributed by atoms with E-state index in [2.05, 4.69) is 0 Å². The van der Waals surface area contributed by atoms with Gasteiger partial charge in [0.05, 0.1) is 0 Å². The number of halogens is 4. The SMILES string of the molecule is CCN(C(=O)C1CCCCC1)c1ccc(F)[c]([Ti]([C]2=CC=CC2)([C]2=CC=CC2)[c]2c(F)ccc(N(CC)C(=O)C3CCCCC3)c2F)c1F. The van der Waals surface area contributed by atoms with Gasteiger partial charge in [-0.2, -0.15) is 0 Å². The summed E-state index contributed by atoms with van der Waals surface area (Å²) in [6.07, 6.45) is 19.9. The number of anilines is 2. The Kier molecular flexibility index (Phi) is 11.1. The van der Waals surface area contributed by atoms with Gasteiger partial charge in [-0.15, -0.1) is 0 Å². The van der Waals surface area contributed by atoms with Crippen LogP contribution in [0.2, 0.25) is 0 Å². The fourth-order valence-electron chi connectivity index (χ4n) is 8.64. The van der Waals surface area contributed by atoms with E-state index in [4.69, 9.17) is 0 Å². The van der Waals surface area contributed by atoms with Crippen LogP contribution in [0.4, 0.5) is 28.9 Å². The second-order valence-corrected chi connectivity index (χ2v) is 19.7. The van der Waals surface area contributed by atoms with Gasteiger partial charge in [0.1, 0.15) is 0 Å². The van der Waals surface area contributed by atoms with Crippen LogP contribution in [-0.4, -0.2) is 24.9 Å². The van der Waals surface area contributed by atoms with E-state index < -0.39 is 39.9 Å². The molecule has 2 saturated carbocycles. The topological polar surface area (TPSA) is 40.6 Å². The molecule has 4 nitrogen and oxygen atoms in total. The Morgan fingerprint density at radius 1 is 0.633 bits per heavy atom. The standard InChI is InChI=1S/2C15H18F2NO.2C5H5.Ti/c2*1-2-18(14-9-8-12(16)10-13(14)17)15(19)11-6-4-3-5-7-11;2*1-2-4-5-3-1;/h2*8-9,11H,2-7H2,1H3;2*1-3H,4H2;. The molecule has 49 heavy (non-hydrogen) atoms. The van der Waals surface area contributed by atoms with Crippen molar-refractivity contribution in [2.24, 2.45) is 11.8 Å². The third kappa shape index (κ3) is 6.44. The normalized spacial score (nSPS) is 18.5. The van der Waals surface area contributed by atoms with Crippen LogP contribution in [0.3, 0.4) is 0 Å². The summed E-state index contributed by atoms with van der Waals surface area (Å²) in [6, 6.07) is 4.89. The first-order valence-corrected chi connectivity index (χ1v) is 21.2. The summed E-state index contributed by atoms with van der Waals surface area (Å²) in [5.74, 6) is -4.60. The molecule has 0 aromatic heterocycles. The molecule has 4 aliphatic carbocycles. The number of benzene rings is 2. The van der Waals surface area contributed by atoms with Crippen molar-refractivity contribution in [1.29, 1.82) is 0 Å². The zero-order valence-electron chi connectivity index (χ0n) is 28.6. The molecule has 2 fully saturated rings. The minimum absolute atomic E-state index is 0.0674. The van der Waals surface area contributed by atoms with Crippen LogP contribution in [0.25, 0.3) is 0 Å². The van der Waals surface area contributed by atoms with E-state index in [0.717, 1.165) is 50.7 Å². The summed E-state index contributed by atoms with van der Waals surface area (Å²) in [5, 5.41) is 0. The average Bonchev–Trinajstić information content (AvgIpc) is 3.87. The molecule has 4 aliphatic rings. The quantitative estimate of drug-likeness (QED) is 0.183. The zero-order valence-corrected chi connectivity index (χ0v) is 30.1. The molecule has 0 spiro atoms. The molecule has 0 aliphatic heterocycles. The number of amides is 2. The first kappa shape index (κ1) is 35.6. The van der Waals surface area contributed by atoms with Gasteiger partial charge in [-0.25, -0.2) is 0 Å². The van der Waals surface area contributed by atoms with Crippen molar-refractivity contribution in [2.45, 2.75) is 90.9 Å². The molecule has 0 unspecified atom stereocenters. The third-order valence-corrected chi connectivity index (χ3v) is 19.0. The number of hydrogen-bond donors (Lipinski definition) is 0. The molecule has 0 bridgehead atoms. The Hall–Kier alpha value is -3.23. The van der Waals surface area contributed by atoms with Crippen molar-refractivity contribution in [2.75, 3.05) is 22.9 Å². The summed E-state index contributed by atoms with van der Waals surface area (Å²) >= 11 is -5.18. The summed E-state index contributed by atoms with van der Waals surface area (Å²) in [5.41, 5.74) is -0.135. The van der Waals surface area contributed by atoms with Crippen LogP contribution in [-0.2, 0) is 26.2 Å². The van der Waals surface area contributed by atoms with Gasteiger partial charge in [0, 0.05) is 0 Å². The second-order valence-electron chi connectivity index (χ2n) is 13.7. The Labute approximate surface area is 291 Å². The molecule has 0 atom stereocenters. The predicted molar refractivity (Wildman–Crippen MR) is 185 cm³/mol. The van der Waals surface area contributed by atoms with Crippen LogP contribution < -0.4 is 17.5 Å². The maximum atomic E-state index is 17.6. The van der Waals surface area contributed by atoms with E-state index >= 15 is 17.6 Å². The van der Waals surface area contributed by atoms with E-state index in [-0.39, 0.29) is 68.7 Å². The number of nitrogens with zero attached hydrogens (tertiary/aromatic N) is 2. The second kappa shape index (κ2) is 15.3. The van der Waals surface area contributed by atoms with Crippen molar-refractivity contribution in [3.05, 3.63) is 91.7 Å². The van der Waals surface area contributed by atoms with Gasteiger partial charge in [0.25, 0.3) is 0 Å². The first-order chi connectivity index (χ1) is 23.7. The summed E-state index contributed by atoms with van der Waals surface area (Å²) in [4.78, 5) is 30.5. The Balaban J connectivity index is 1.60. The first-order valence-electron chi connectivity index (χ1n) is 18.1. The summed E-state index contributed by atoms with van der Waals surface area (Å²) in [6.45, 7) is 3.85. The molecular weight excluding hydrogens is 664 g/mol. The van der Waals surface area contributed by atoms with E-state index in [1.54, 1.807) is 38.2 Å². The van der Waals surface area contributed by atoms with Gasteiger partial charge in [-0.1, -0.05) is 0 Å². The van der Waals surface area contributed by atoms with E-state index in [1.807, 2.05) is 12.2 Å². The van der Waals surface area contributed by atoms with Crippen molar-refractivity contribution < 1.29 is 43.7 Å². The van der Waals surface area contributed by atoms with Crippen molar-refractivity contribution >= 4 is 30.9 Å². The van der Waals surface area contributed by atoms with Crippen molar-refractivity contribution in [1.82, 2.24) is 0 Å². The Morgan fingerprint density at radius 3 is 1.35 bits per heavy atom. The molecule has 2 aromatic rings. The maximum absolute atomic E-state index is 17.6. The molecule has 9 heteroatoms. The van der Waals surface area contributed by atoms with E-state index in [1.165, 1.54) is 21.9 Å². The number of carbonyl (C=O) groups excluding carboxylic acids is 2. The van der Waals surface area contributed by atoms with Gasteiger partial charge < -0.3 is 0 Å². The minimum atomic E-state index is -5.18. The molecular formula is C40H46F4N2O2Ti. The molecule has 260 valence electrons. The van der Waals surface area contributed by atoms with Crippen LogP contribution in [0, 0.1) is 35.1 Å². The molecule has 0 radical (unpaired) electrons. The van der Waals surface area contributed by atoms with Gasteiger partial charge in [-0.05, 0) is 0 Å². The molecule has 0 heterocycles. The van der Waals surface area contributed by atoms with Crippen LogP contribution >= 0.6 is 0 Å². The van der Waals surface area contributed by atoms with Crippen molar-refractivity contribution in [3.8, 4) is 0 Å². The van der Waals surface area contributed by atoms with Crippen LogP contribution in [0.5, 0.6) is 0 Å². The number of allylic oxidation sites excluding steroid dienone is 8. The molecule has 2 aromatic carbocycles. The third-order valence-electron chi connectivity index (χ3n) is 11.1. The summed E-state index contributed by atoms with van der Waals surface area (Å²) < 4.78 is 69.0. The fourth-order valence-corrected chi connectivity index (χ4v) is 16.9. The molecule has 2 amide bonds. The van der Waals surface area contributed by atoms with E-state index in [0.29, 0.717) is 33.4 Å². The summed E-state index contributed by atoms with van der Waals surface area (Å²) in [7, 11) is 0. The van der Waals surface area contributed by atoms with Gasteiger partial charge in [-0.3, -0.25) is 0 Å². The number of carbonyl (C=O) groups is 2. The van der Waals surface area contributed by atoms with Crippen LogP contribution in [0.1, 0.15) is 90.9 Å². The fraction of sp³-hybridized carbons (Fsp3) is 0.450. The number of hydrogen-bond acceptors (Lipinski definition) is 2. The molecule has 6 rings (SSSR count).